The van der Waals surface area contributed by atoms with E-state index < -0.39 is 0 Å². The average molecular weight is 474 g/mol. The van der Waals surface area contributed by atoms with E-state index in [1.54, 1.807) is 0 Å². The second-order valence-electron chi connectivity index (χ2n) is 7.99. The molecule has 35 heavy (non-hydrogen) atoms. The van der Waals surface area contributed by atoms with Crippen molar-refractivity contribution >= 4 is 0 Å². The minimum Gasteiger partial charge on any atom is -0.463 e. The number of aromatic nitrogens is 3. The topological polar surface area (TPSA) is 66.4 Å². The van der Waals surface area contributed by atoms with E-state index in [1.165, 1.54) is 5.57 Å². The maximum Gasteiger partial charge on any atom is 0.326 e. The van der Waals surface area contributed by atoms with Crippen LogP contribution in [0.15, 0.2) is 90.6 Å². The van der Waals surface area contributed by atoms with Crippen LogP contribution in [0.1, 0.15) is 51.0 Å². The molecule has 0 bridgehead atoms. The molecule has 1 aromatic heterocycles. The van der Waals surface area contributed by atoms with E-state index in [-0.39, 0.29) is 18.0 Å². The third kappa shape index (κ3) is 10.9. The van der Waals surface area contributed by atoms with Crippen LogP contribution < -0.4 is 14.2 Å². The summed E-state index contributed by atoms with van der Waals surface area (Å²) in [6.45, 7) is 3.40. The van der Waals surface area contributed by atoms with Crippen molar-refractivity contribution in [2.24, 2.45) is 0 Å². The number of allylic oxidation sites excluding steroid dienone is 8. The monoisotopic (exact) mass is 473 g/mol. The van der Waals surface area contributed by atoms with Gasteiger partial charge in [0, 0.05) is 6.42 Å². The van der Waals surface area contributed by atoms with Crippen molar-refractivity contribution in [3.63, 3.8) is 0 Å². The maximum atomic E-state index is 5.85. The molecule has 0 radical (unpaired) electrons. The Hall–Kier alpha value is -3.67. The molecule has 0 saturated carbocycles. The lowest BCUT2D eigenvalue weighted by Crippen LogP contribution is -2.09. The van der Waals surface area contributed by atoms with Crippen molar-refractivity contribution in [2.75, 3.05) is 13.2 Å². The van der Waals surface area contributed by atoms with Gasteiger partial charge in [-0.25, -0.2) is 0 Å². The summed E-state index contributed by atoms with van der Waals surface area (Å²) in [5.74, 6) is 0. The standard InChI is InChI=1S/C29H35N3O3/c1-2-3-4-5-6-10-16-22-33-27-30-28(34-23-21-25-17-12-8-7-9-13-18-25)32-29(31-27)35-24-26-19-14-11-15-20-26/h4-6,8,10-15,17-20H,2-3,7,9,16,21-24H2,1H3/b5-4-,10-6-,12-8-,18-13-,25-17+. The fraction of sp³-hybridized carbons (Fsp3) is 0.345. The SMILES string of the molecule is CCC/C=C\C=C/CCOc1nc(OCCC2=C/C=C\CC/C=C\2)nc(OCc2ccccc2)n1. The van der Waals surface area contributed by atoms with Gasteiger partial charge in [-0.1, -0.05) is 98.4 Å². The molecule has 0 unspecified atom stereocenters. The molecule has 1 aliphatic carbocycles. The molecule has 184 valence electrons. The molecular weight excluding hydrogens is 438 g/mol. The van der Waals surface area contributed by atoms with Gasteiger partial charge in [-0.05, 0) is 36.8 Å². The van der Waals surface area contributed by atoms with Crippen LogP contribution in [0.2, 0.25) is 0 Å². The van der Waals surface area contributed by atoms with Gasteiger partial charge in [-0.3, -0.25) is 0 Å². The summed E-state index contributed by atoms with van der Waals surface area (Å²) < 4.78 is 17.4. The molecule has 1 heterocycles. The highest BCUT2D eigenvalue weighted by atomic mass is 16.5. The first-order chi connectivity index (χ1) is 17.3. The second kappa shape index (κ2) is 16.0. The summed E-state index contributed by atoms with van der Waals surface area (Å²) in [4.78, 5) is 13.0. The number of hydrogen-bond donors (Lipinski definition) is 0. The highest BCUT2D eigenvalue weighted by Gasteiger charge is 2.11. The largest absolute Gasteiger partial charge is 0.463 e. The van der Waals surface area contributed by atoms with E-state index in [9.17, 15) is 0 Å². The molecule has 0 N–H and O–H groups in total. The molecule has 2 aromatic rings. The van der Waals surface area contributed by atoms with E-state index in [1.807, 2.05) is 36.4 Å². The van der Waals surface area contributed by atoms with Crippen LogP contribution in [0.5, 0.6) is 18.0 Å². The zero-order chi connectivity index (χ0) is 24.4. The van der Waals surface area contributed by atoms with Crippen molar-refractivity contribution in [1.29, 1.82) is 0 Å². The first-order valence-electron chi connectivity index (χ1n) is 12.4. The molecule has 1 aromatic carbocycles. The summed E-state index contributed by atoms with van der Waals surface area (Å²) in [5.41, 5.74) is 2.22. The summed E-state index contributed by atoms with van der Waals surface area (Å²) in [7, 11) is 0. The molecule has 0 aliphatic heterocycles. The zero-order valence-corrected chi connectivity index (χ0v) is 20.5. The van der Waals surface area contributed by atoms with E-state index in [4.69, 9.17) is 14.2 Å². The molecule has 1 aliphatic rings. The first-order valence-corrected chi connectivity index (χ1v) is 12.4. The Morgan fingerprint density at radius 1 is 0.800 bits per heavy atom. The Kier molecular flexibility index (Phi) is 11.9. The lowest BCUT2D eigenvalue weighted by Gasteiger charge is -2.10. The fourth-order valence-corrected chi connectivity index (χ4v) is 3.17. The van der Waals surface area contributed by atoms with E-state index in [0.29, 0.717) is 19.8 Å². The van der Waals surface area contributed by atoms with Crippen LogP contribution in [-0.4, -0.2) is 28.2 Å². The highest BCUT2D eigenvalue weighted by molar-refractivity contribution is 5.25. The molecule has 0 fully saturated rings. The Balaban J connectivity index is 1.59. The van der Waals surface area contributed by atoms with Gasteiger partial charge >= 0.3 is 18.0 Å². The van der Waals surface area contributed by atoms with E-state index >= 15 is 0 Å². The molecule has 0 spiro atoms. The van der Waals surface area contributed by atoms with Gasteiger partial charge in [0.05, 0.1) is 13.2 Å². The normalized spacial score (nSPS) is 16.9. The van der Waals surface area contributed by atoms with Crippen molar-refractivity contribution in [1.82, 2.24) is 15.0 Å². The predicted octanol–water partition coefficient (Wildman–Crippen LogP) is 6.73. The number of hydrogen-bond acceptors (Lipinski definition) is 6. The Labute approximate surface area is 208 Å². The van der Waals surface area contributed by atoms with Crippen molar-refractivity contribution in [3.8, 4) is 18.0 Å². The van der Waals surface area contributed by atoms with Crippen LogP contribution in [0.4, 0.5) is 0 Å². The fourth-order valence-electron chi connectivity index (χ4n) is 3.17. The first kappa shape index (κ1) is 25.9. The third-order valence-corrected chi connectivity index (χ3v) is 5.04. The van der Waals surface area contributed by atoms with Crippen LogP contribution in [0.25, 0.3) is 0 Å². The summed E-state index contributed by atoms with van der Waals surface area (Å²) >= 11 is 0. The Morgan fingerprint density at radius 2 is 1.49 bits per heavy atom. The number of rotatable bonds is 14. The van der Waals surface area contributed by atoms with Gasteiger partial charge < -0.3 is 14.2 Å². The molecule has 0 amide bonds. The van der Waals surface area contributed by atoms with Gasteiger partial charge in [0.2, 0.25) is 0 Å². The number of nitrogens with zero attached hydrogens (tertiary/aromatic N) is 3. The Morgan fingerprint density at radius 3 is 2.26 bits per heavy atom. The highest BCUT2D eigenvalue weighted by Crippen LogP contribution is 2.17. The number of unbranched alkanes of at least 4 members (excludes halogenated alkanes) is 1. The lowest BCUT2D eigenvalue weighted by atomic mass is 10.1. The summed E-state index contributed by atoms with van der Waals surface area (Å²) in [6.07, 6.45) is 24.9. The minimum atomic E-state index is 0.180. The third-order valence-electron chi connectivity index (χ3n) is 5.04. The molecular formula is C29H35N3O3. The van der Waals surface area contributed by atoms with Crippen molar-refractivity contribution < 1.29 is 14.2 Å². The van der Waals surface area contributed by atoms with Crippen LogP contribution in [0.3, 0.4) is 0 Å². The van der Waals surface area contributed by atoms with Crippen LogP contribution >= 0.6 is 0 Å². The number of benzene rings is 1. The van der Waals surface area contributed by atoms with Crippen LogP contribution in [0, 0.1) is 0 Å². The van der Waals surface area contributed by atoms with E-state index in [2.05, 4.69) is 70.5 Å². The number of ether oxygens (including phenoxy) is 3. The zero-order valence-electron chi connectivity index (χ0n) is 20.5. The predicted molar refractivity (Wildman–Crippen MR) is 140 cm³/mol. The van der Waals surface area contributed by atoms with Crippen molar-refractivity contribution in [3.05, 3.63) is 96.2 Å². The van der Waals surface area contributed by atoms with Gasteiger partial charge in [-0.2, -0.15) is 0 Å². The smallest absolute Gasteiger partial charge is 0.326 e. The second-order valence-corrected chi connectivity index (χ2v) is 7.99. The average Bonchev–Trinajstić information content (AvgIpc) is 2.86. The van der Waals surface area contributed by atoms with Crippen LogP contribution in [-0.2, 0) is 6.61 Å². The molecule has 6 heteroatoms. The summed E-state index contributed by atoms with van der Waals surface area (Å²) in [6, 6.07) is 10.4. The molecule has 0 saturated heterocycles. The quantitative estimate of drug-likeness (QED) is 0.224. The van der Waals surface area contributed by atoms with Crippen molar-refractivity contribution in [2.45, 2.75) is 52.1 Å². The summed E-state index contributed by atoms with van der Waals surface area (Å²) in [5, 5.41) is 0. The van der Waals surface area contributed by atoms with Gasteiger partial charge in [0.25, 0.3) is 0 Å². The maximum absolute atomic E-state index is 5.85. The Bertz CT molecular complexity index is 1030. The molecule has 0 atom stereocenters. The molecule has 6 nitrogen and oxygen atoms in total. The van der Waals surface area contributed by atoms with E-state index in [0.717, 1.165) is 44.1 Å². The minimum absolute atomic E-state index is 0.180. The van der Waals surface area contributed by atoms with Gasteiger partial charge in [-0.15, -0.1) is 15.0 Å². The van der Waals surface area contributed by atoms with Gasteiger partial charge in [0.1, 0.15) is 6.61 Å². The van der Waals surface area contributed by atoms with Gasteiger partial charge in [0.15, 0.2) is 0 Å². The lowest BCUT2D eigenvalue weighted by molar-refractivity contribution is 0.233. The molecule has 3 rings (SSSR count).